The monoisotopic (exact) mass is 241 g/mol. The summed E-state index contributed by atoms with van der Waals surface area (Å²) in [6.45, 7) is 1.57. The number of nitrogens with one attached hydrogen (secondary N) is 1. The van der Waals surface area contributed by atoms with E-state index in [-0.39, 0.29) is 0 Å². The van der Waals surface area contributed by atoms with Gasteiger partial charge in [-0.2, -0.15) is 10.5 Å². The first-order valence-electron chi connectivity index (χ1n) is 6.14. The van der Waals surface area contributed by atoms with Crippen LogP contribution in [0, 0.1) is 22.7 Å². The van der Waals surface area contributed by atoms with Gasteiger partial charge in [0.15, 0.2) is 0 Å². The molecule has 0 aromatic heterocycles. The van der Waals surface area contributed by atoms with E-state index in [9.17, 15) is 0 Å². The van der Waals surface area contributed by atoms with Crippen molar-refractivity contribution >= 4 is 5.69 Å². The summed E-state index contributed by atoms with van der Waals surface area (Å²) in [6.07, 6.45) is 3.46. The molecule has 1 N–H and O–H groups in total. The summed E-state index contributed by atoms with van der Waals surface area (Å²) < 4.78 is 5.53. The molecule has 0 saturated carbocycles. The van der Waals surface area contributed by atoms with Gasteiger partial charge in [-0.15, -0.1) is 0 Å². The highest BCUT2D eigenvalue weighted by atomic mass is 16.5. The molecule has 0 aliphatic carbocycles. The van der Waals surface area contributed by atoms with E-state index in [2.05, 4.69) is 17.5 Å². The fourth-order valence-corrected chi connectivity index (χ4v) is 2.16. The fraction of sp³-hybridized carbons (Fsp3) is 0.429. The molecule has 92 valence electrons. The molecule has 0 radical (unpaired) electrons. The number of benzene rings is 1. The van der Waals surface area contributed by atoms with Crippen LogP contribution in [0.25, 0.3) is 0 Å². The van der Waals surface area contributed by atoms with Crippen molar-refractivity contribution in [3.63, 3.8) is 0 Å². The van der Waals surface area contributed by atoms with Crippen LogP contribution in [0.15, 0.2) is 18.2 Å². The second-order valence-electron chi connectivity index (χ2n) is 4.30. The van der Waals surface area contributed by atoms with Crippen LogP contribution < -0.4 is 5.32 Å². The maximum absolute atomic E-state index is 9.03. The lowest BCUT2D eigenvalue weighted by molar-refractivity contribution is 0.107. The predicted molar refractivity (Wildman–Crippen MR) is 68.0 cm³/mol. The highest BCUT2D eigenvalue weighted by molar-refractivity contribution is 5.66. The normalized spacial score (nSPS) is 18.0. The van der Waals surface area contributed by atoms with E-state index in [4.69, 9.17) is 15.3 Å². The number of anilines is 1. The van der Waals surface area contributed by atoms with Gasteiger partial charge in [0.1, 0.15) is 12.1 Å². The molecule has 1 unspecified atom stereocenters. The second kappa shape index (κ2) is 6.05. The number of rotatable bonds is 4. The Bertz CT molecular complexity index is 460. The predicted octanol–water partition coefficient (Wildman–Crippen LogP) is 2.41. The minimum atomic E-state index is 0.317. The summed E-state index contributed by atoms with van der Waals surface area (Å²) in [6, 6.07) is 9.37. The maximum atomic E-state index is 9.03. The Labute approximate surface area is 107 Å². The molecule has 4 nitrogen and oxygen atoms in total. The molecule has 1 fully saturated rings. The third-order valence-electron chi connectivity index (χ3n) is 3.10. The molecule has 4 heteroatoms. The number of ether oxygens (including phenoxy) is 1. The van der Waals surface area contributed by atoms with Gasteiger partial charge in [0, 0.05) is 13.2 Å². The van der Waals surface area contributed by atoms with E-state index in [0.29, 0.717) is 22.9 Å². The Morgan fingerprint density at radius 3 is 2.56 bits per heavy atom. The quantitative estimate of drug-likeness (QED) is 0.878. The van der Waals surface area contributed by atoms with Crippen molar-refractivity contribution in [1.29, 1.82) is 10.5 Å². The third kappa shape index (κ3) is 2.80. The van der Waals surface area contributed by atoms with Gasteiger partial charge >= 0.3 is 0 Å². The molecule has 1 atom stereocenters. The van der Waals surface area contributed by atoms with Crippen LogP contribution in [0.2, 0.25) is 0 Å². The lowest BCUT2D eigenvalue weighted by Gasteiger charge is -2.12. The topological polar surface area (TPSA) is 68.8 Å². The number of nitriles is 2. The number of hydrogen-bond donors (Lipinski definition) is 1. The third-order valence-corrected chi connectivity index (χ3v) is 3.10. The van der Waals surface area contributed by atoms with E-state index in [1.54, 1.807) is 18.2 Å². The molecule has 1 saturated heterocycles. The summed E-state index contributed by atoms with van der Waals surface area (Å²) in [5.74, 6) is 0. The minimum Gasteiger partial charge on any atom is -0.383 e. The van der Waals surface area contributed by atoms with Crippen LogP contribution in [-0.2, 0) is 4.74 Å². The highest BCUT2D eigenvalue weighted by Crippen LogP contribution is 2.21. The molecule has 1 aromatic rings. The van der Waals surface area contributed by atoms with Gasteiger partial charge in [-0.05, 0) is 31.4 Å². The van der Waals surface area contributed by atoms with Crippen LogP contribution in [0.5, 0.6) is 0 Å². The summed E-state index contributed by atoms with van der Waals surface area (Å²) in [7, 11) is 0. The molecule has 2 rings (SSSR count). The van der Waals surface area contributed by atoms with E-state index in [1.165, 1.54) is 0 Å². The van der Waals surface area contributed by atoms with E-state index < -0.39 is 0 Å². The summed E-state index contributed by atoms with van der Waals surface area (Å²) in [4.78, 5) is 0. The molecule has 18 heavy (non-hydrogen) atoms. The van der Waals surface area contributed by atoms with Gasteiger partial charge in [-0.1, -0.05) is 6.07 Å². The minimum absolute atomic E-state index is 0.317. The van der Waals surface area contributed by atoms with Crippen molar-refractivity contribution in [2.75, 3.05) is 18.5 Å². The van der Waals surface area contributed by atoms with E-state index in [1.807, 2.05) is 0 Å². The van der Waals surface area contributed by atoms with Crippen LogP contribution >= 0.6 is 0 Å². The van der Waals surface area contributed by atoms with Crippen LogP contribution in [-0.4, -0.2) is 19.3 Å². The number of hydrogen-bond acceptors (Lipinski definition) is 4. The molecule has 0 bridgehead atoms. The molecule has 1 aromatic carbocycles. The Kier molecular flexibility index (Phi) is 4.17. The number of nitrogens with zero attached hydrogens (tertiary/aromatic N) is 2. The van der Waals surface area contributed by atoms with Crippen molar-refractivity contribution in [3.05, 3.63) is 29.3 Å². The average Bonchev–Trinajstić information content (AvgIpc) is 2.92. The smallest absolute Gasteiger partial charge is 0.101 e. The largest absolute Gasteiger partial charge is 0.383 e. The van der Waals surface area contributed by atoms with Crippen LogP contribution in [0.3, 0.4) is 0 Å². The molecule has 1 aliphatic rings. The van der Waals surface area contributed by atoms with Crippen molar-refractivity contribution < 1.29 is 4.74 Å². The van der Waals surface area contributed by atoms with Crippen molar-refractivity contribution in [2.45, 2.75) is 25.4 Å². The number of para-hydroxylation sites is 1. The highest BCUT2D eigenvalue weighted by Gasteiger charge is 2.15. The molecule has 0 amide bonds. The summed E-state index contributed by atoms with van der Waals surface area (Å²) >= 11 is 0. The van der Waals surface area contributed by atoms with Crippen molar-refractivity contribution in [3.8, 4) is 12.1 Å². The van der Waals surface area contributed by atoms with Crippen LogP contribution in [0.1, 0.15) is 30.4 Å². The fourth-order valence-electron chi connectivity index (χ4n) is 2.16. The maximum Gasteiger partial charge on any atom is 0.101 e. The molecule has 1 aliphatic heterocycles. The zero-order valence-corrected chi connectivity index (χ0v) is 10.1. The molecular weight excluding hydrogens is 226 g/mol. The van der Waals surface area contributed by atoms with Gasteiger partial charge < -0.3 is 10.1 Å². The Morgan fingerprint density at radius 1 is 1.28 bits per heavy atom. The van der Waals surface area contributed by atoms with Crippen molar-refractivity contribution in [2.24, 2.45) is 0 Å². The van der Waals surface area contributed by atoms with Gasteiger partial charge in [0.05, 0.1) is 22.9 Å². The first kappa shape index (κ1) is 12.4. The van der Waals surface area contributed by atoms with Gasteiger partial charge in [-0.25, -0.2) is 0 Å². The lowest BCUT2D eigenvalue weighted by Crippen LogP contribution is -2.13. The zero-order chi connectivity index (χ0) is 12.8. The standard InChI is InChI=1S/C14H15N3O/c15-9-11-3-1-4-12(10-16)14(11)17-7-6-13-5-2-8-18-13/h1,3-4,13,17H,2,5-8H2. The summed E-state index contributed by atoms with van der Waals surface area (Å²) in [5.41, 5.74) is 1.67. The zero-order valence-electron chi connectivity index (χ0n) is 10.1. The lowest BCUT2D eigenvalue weighted by atomic mass is 10.1. The van der Waals surface area contributed by atoms with Gasteiger partial charge in [0.25, 0.3) is 0 Å². The molecular formula is C14H15N3O. The van der Waals surface area contributed by atoms with E-state index >= 15 is 0 Å². The van der Waals surface area contributed by atoms with Crippen LogP contribution in [0.4, 0.5) is 5.69 Å². The Balaban J connectivity index is 1.99. The Morgan fingerprint density at radius 2 is 2.00 bits per heavy atom. The molecule has 0 spiro atoms. The van der Waals surface area contributed by atoms with Gasteiger partial charge in [-0.3, -0.25) is 0 Å². The summed E-state index contributed by atoms with van der Waals surface area (Å²) in [5, 5.41) is 21.2. The van der Waals surface area contributed by atoms with Crippen molar-refractivity contribution in [1.82, 2.24) is 0 Å². The van der Waals surface area contributed by atoms with E-state index in [0.717, 1.165) is 32.4 Å². The Hall–Kier alpha value is -2.04. The second-order valence-corrected chi connectivity index (χ2v) is 4.30. The average molecular weight is 241 g/mol. The first-order valence-corrected chi connectivity index (χ1v) is 6.14. The van der Waals surface area contributed by atoms with Gasteiger partial charge in [0.2, 0.25) is 0 Å². The molecule has 1 heterocycles. The SMILES string of the molecule is N#Cc1cccc(C#N)c1NCCC1CCCO1. The first-order chi connectivity index (χ1) is 8.85.